The normalized spacial score (nSPS) is 13.0. The molecule has 0 radical (unpaired) electrons. The second kappa shape index (κ2) is 7.85. The highest BCUT2D eigenvalue weighted by molar-refractivity contribution is 9.10. The van der Waals surface area contributed by atoms with Crippen LogP contribution in [0.1, 0.15) is 31.9 Å². The molecule has 0 fully saturated rings. The van der Waals surface area contributed by atoms with Crippen LogP contribution in [0.2, 0.25) is 0 Å². The predicted octanol–water partition coefficient (Wildman–Crippen LogP) is 3.44. The summed E-state index contributed by atoms with van der Waals surface area (Å²) in [5.74, 6) is 0. The molecule has 0 saturated heterocycles. The van der Waals surface area contributed by atoms with Gasteiger partial charge in [0, 0.05) is 10.5 Å². The van der Waals surface area contributed by atoms with Crippen molar-refractivity contribution in [1.29, 1.82) is 0 Å². The summed E-state index contributed by atoms with van der Waals surface area (Å²) < 4.78 is 1.20. The lowest BCUT2D eigenvalue weighted by Crippen LogP contribution is -2.27. The smallest absolute Gasteiger partial charge is 0.0343 e. The van der Waals surface area contributed by atoms with Gasteiger partial charge in [0.25, 0.3) is 0 Å². The zero-order chi connectivity index (χ0) is 12.7. The van der Waals surface area contributed by atoms with E-state index in [0.717, 1.165) is 26.1 Å². The standard InChI is InChI=1S/C14H23BrN2/c1-4-16-14(10-11-17(3)5-2)12-8-6-7-9-13(12)15/h6-9,14,16H,4-5,10-11H2,1-3H3. The van der Waals surface area contributed by atoms with Gasteiger partial charge in [0.15, 0.2) is 0 Å². The molecule has 17 heavy (non-hydrogen) atoms. The zero-order valence-corrected chi connectivity index (χ0v) is 12.6. The average molecular weight is 299 g/mol. The lowest BCUT2D eigenvalue weighted by atomic mass is 10.0. The van der Waals surface area contributed by atoms with Crippen LogP contribution in [0.3, 0.4) is 0 Å². The molecular weight excluding hydrogens is 276 g/mol. The van der Waals surface area contributed by atoms with Crippen LogP contribution in [0.4, 0.5) is 0 Å². The molecule has 0 bridgehead atoms. The summed E-state index contributed by atoms with van der Waals surface area (Å²) in [6.45, 7) is 7.58. The largest absolute Gasteiger partial charge is 0.310 e. The van der Waals surface area contributed by atoms with E-state index in [1.165, 1.54) is 10.0 Å². The lowest BCUT2D eigenvalue weighted by molar-refractivity contribution is 0.322. The molecule has 1 N–H and O–H groups in total. The predicted molar refractivity (Wildman–Crippen MR) is 78.3 cm³/mol. The van der Waals surface area contributed by atoms with Gasteiger partial charge in [-0.25, -0.2) is 0 Å². The van der Waals surface area contributed by atoms with Crippen LogP contribution in [-0.2, 0) is 0 Å². The van der Waals surface area contributed by atoms with E-state index in [2.05, 4.69) is 71.3 Å². The van der Waals surface area contributed by atoms with Crippen LogP contribution in [0.25, 0.3) is 0 Å². The Morgan fingerprint density at radius 2 is 2.00 bits per heavy atom. The van der Waals surface area contributed by atoms with Crippen molar-refractivity contribution in [3.05, 3.63) is 34.3 Å². The highest BCUT2D eigenvalue weighted by Crippen LogP contribution is 2.25. The summed E-state index contributed by atoms with van der Waals surface area (Å²) in [5.41, 5.74) is 1.36. The van der Waals surface area contributed by atoms with E-state index >= 15 is 0 Å². The summed E-state index contributed by atoms with van der Waals surface area (Å²) in [4.78, 5) is 2.35. The zero-order valence-electron chi connectivity index (χ0n) is 11.0. The van der Waals surface area contributed by atoms with Gasteiger partial charge in [-0.3, -0.25) is 0 Å². The van der Waals surface area contributed by atoms with Crippen molar-refractivity contribution in [2.24, 2.45) is 0 Å². The second-order valence-electron chi connectivity index (χ2n) is 4.32. The van der Waals surface area contributed by atoms with Crippen molar-refractivity contribution in [2.75, 3.05) is 26.7 Å². The Hall–Kier alpha value is -0.380. The molecule has 1 unspecified atom stereocenters. The van der Waals surface area contributed by atoms with Crippen molar-refractivity contribution in [2.45, 2.75) is 26.3 Å². The van der Waals surface area contributed by atoms with E-state index in [-0.39, 0.29) is 0 Å². The van der Waals surface area contributed by atoms with Gasteiger partial charge in [-0.15, -0.1) is 0 Å². The molecule has 0 aliphatic rings. The maximum atomic E-state index is 3.64. The fourth-order valence-electron chi connectivity index (χ4n) is 1.88. The Morgan fingerprint density at radius 3 is 2.59 bits per heavy atom. The molecule has 0 amide bonds. The topological polar surface area (TPSA) is 15.3 Å². The number of rotatable bonds is 7. The van der Waals surface area contributed by atoms with E-state index in [4.69, 9.17) is 0 Å². The highest BCUT2D eigenvalue weighted by atomic mass is 79.9. The molecule has 1 aromatic rings. The van der Waals surface area contributed by atoms with Crippen LogP contribution in [0.15, 0.2) is 28.7 Å². The number of benzene rings is 1. The first-order valence-electron chi connectivity index (χ1n) is 6.35. The first-order valence-corrected chi connectivity index (χ1v) is 7.14. The number of halogens is 1. The van der Waals surface area contributed by atoms with Crippen LogP contribution in [0.5, 0.6) is 0 Å². The quantitative estimate of drug-likeness (QED) is 0.829. The molecule has 0 aliphatic carbocycles. The van der Waals surface area contributed by atoms with Gasteiger partial charge in [0.2, 0.25) is 0 Å². The molecule has 1 atom stereocenters. The van der Waals surface area contributed by atoms with Crippen molar-refractivity contribution in [3.8, 4) is 0 Å². The fourth-order valence-corrected chi connectivity index (χ4v) is 2.44. The molecule has 0 aliphatic heterocycles. The number of nitrogens with one attached hydrogen (secondary N) is 1. The van der Waals surface area contributed by atoms with E-state index in [9.17, 15) is 0 Å². The van der Waals surface area contributed by atoms with Gasteiger partial charge in [0.1, 0.15) is 0 Å². The monoisotopic (exact) mass is 298 g/mol. The van der Waals surface area contributed by atoms with Gasteiger partial charge < -0.3 is 10.2 Å². The first kappa shape index (κ1) is 14.7. The van der Waals surface area contributed by atoms with Crippen LogP contribution >= 0.6 is 15.9 Å². The SMILES string of the molecule is CCNC(CCN(C)CC)c1ccccc1Br. The minimum Gasteiger partial charge on any atom is -0.310 e. The van der Waals surface area contributed by atoms with E-state index in [1.54, 1.807) is 0 Å². The van der Waals surface area contributed by atoms with Crippen molar-refractivity contribution >= 4 is 15.9 Å². The van der Waals surface area contributed by atoms with E-state index in [1.807, 2.05) is 0 Å². The Labute approximate surface area is 114 Å². The summed E-state index contributed by atoms with van der Waals surface area (Å²) in [7, 11) is 2.17. The summed E-state index contributed by atoms with van der Waals surface area (Å²) in [6, 6.07) is 8.92. The Bertz CT molecular complexity index is 328. The third kappa shape index (κ3) is 4.78. The Kier molecular flexibility index (Phi) is 6.78. The fraction of sp³-hybridized carbons (Fsp3) is 0.571. The van der Waals surface area contributed by atoms with Gasteiger partial charge in [-0.2, -0.15) is 0 Å². The lowest BCUT2D eigenvalue weighted by Gasteiger charge is -2.22. The molecule has 1 rings (SSSR count). The first-order chi connectivity index (χ1) is 8.19. The number of nitrogens with zero attached hydrogens (tertiary/aromatic N) is 1. The maximum Gasteiger partial charge on any atom is 0.0343 e. The highest BCUT2D eigenvalue weighted by Gasteiger charge is 2.13. The third-order valence-corrected chi connectivity index (χ3v) is 3.79. The van der Waals surface area contributed by atoms with Crippen LogP contribution < -0.4 is 5.32 Å². The van der Waals surface area contributed by atoms with Crippen LogP contribution in [-0.4, -0.2) is 31.6 Å². The molecule has 96 valence electrons. The molecule has 0 aromatic heterocycles. The Morgan fingerprint density at radius 1 is 1.29 bits per heavy atom. The minimum atomic E-state index is 0.435. The Balaban J connectivity index is 2.68. The van der Waals surface area contributed by atoms with Crippen molar-refractivity contribution in [1.82, 2.24) is 10.2 Å². The molecule has 1 aromatic carbocycles. The van der Waals surface area contributed by atoms with E-state index in [0.29, 0.717) is 6.04 Å². The minimum absolute atomic E-state index is 0.435. The van der Waals surface area contributed by atoms with Gasteiger partial charge >= 0.3 is 0 Å². The second-order valence-corrected chi connectivity index (χ2v) is 5.17. The summed E-state index contributed by atoms with van der Waals surface area (Å²) in [6.07, 6.45) is 1.14. The van der Waals surface area contributed by atoms with Crippen molar-refractivity contribution < 1.29 is 0 Å². The molecule has 3 heteroatoms. The summed E-state index contributed by atoms with van der Waals surface area (Å²) in [5, 5.41) is 3.56. The van der Waals surface area contributed by atoms with Gasteiger partial charge in [0.05, 0.1) is 0 Å². The van der Waals surface area contributed by atoms with Crippen LogP contribution in [0, 0.1) is 0 Å². The number of hydrogen-bond donors (Lipinski definition) is 1. The van der Waals surface area contributed by atoms with Gasteiger partial charge in [-0.05, 0) is 44.7 Å². The number of hydrogen-bond acceptors (Lipinski definition) is 2. The molecule has 2 nitrogen and oxygen atoms in total. The molecular formula is C14H23BrN2. The van der Waals surface area contributed by atoms with Gasteiger partial charge in [-0.1, -0.05) is 48.0 Å². The summed E-state index contributed by atoms with van der Waals surface area (Å²) >= 11 is 3.64. The average Bonchev–Trinajstić information content (AvgIpc) is 2.35. The van der Waals surface area contributed by atoms with Crippen molar-refractivity contribution in [3.63, 3.8) is 0 Å². The van der Waals surface area contributed by atoms with E-state index < -0.39 is 0 Å². The molecule has 0 saturated carbocycles. The molecule has 0 heterocycles. The third-order valence-electron chi connectivity index (χ3n) is 3.07. The maximum absolute atomic E-state index is 3.64. The molecule has 0 spiro atoms.